The first-order valence-corrected chi connectivity index (χ1v) is 7.52. The Bertz CT molecular complexity index is 455. The molecular weight excluding hydrogens is 264 g/mol. The predicted octanol–water partition coefficient (Wildman–Crippen LogP) is -0.815. The number of anilines is 2. The van der Waals surface area contributed by atoms with Crippen LogP contribution in [0.5, 0.6) is 0 Å². The van der Waals surface area contributed by atoms with Crippen molar-refractivity contribution in [3.8, 4) is 0 Å². The van der Waals surface area contributed by atoms with E-state index >= 15 is 0 Å². The van der Waals surface area contributed by atoms with Crippen molar-refractivity contribution in [3.05, 3.63) is 6.07 Å². The molecule has 0 atom stereocenters. The van der Waals surface area contributed by atoms with Gasteiger partial charge in [-0.25, -0.2) is 29.4 Å². The Hall–Kier alpha value is -1.10. The monoisotopic (exact) mass is 278 g/mol. The van der Waals surface area contributed by atoms with Crippen molar-refractivity contribution in [1.82, 2.24) is 9.97 Å². The topological polar surface area (TPSA) is 136 Å². The summed E-state index contributed by atoms with van der Waals surface area (Å²) in [7, 11) is -3.48. The maximum absolute atomic E-state index is 10.7. The van der Waals surface area contributed by atoms with Crippen LogP contribution in [0.15, 0.2) is 11.2 Å². The van der Waals surface area contributed by atoms with Crippen LogP contribution in [-0.2, 0) is 10.0 Å². The van der Waals surface area contributed by atoms with Crippen molar-refractivity contribution in [2.45, 2.75) is 5.16 Å². The minimum atomic E-state index is -3.48. The first-order valence-electron chi connectivity index (χ1n) is 4.58. The van der Waals surface area contributed by atoms with E-state index in [1.54, 1.807) is 6.07 Å². The van der Waals surface area contributed by atoms with Crippen LogP contribution in [0.3, 0.4) is 0 Å². The van der Waals surface area contributed by atoms with Crippen LogP contribution in [0.2, 0.25) is 0 Å². The zero-order valence-corrected chi connectivity index (χ0v) is 10.8. The van der Waals surface area contributed by atoms with Gasteiger partial charge >= 0.3 is 0 Å². The maximum Gasteiger partial charge on any atom is 0.210 e. The number of hydrogen-bond donors (Lipinski definition) is 4. The lowest BCUT2D eigenvalue weighted by Gasteiger charge is -2.07. The van der Waals surface area contributed by atoms with Crippen molar-refractivity contribution in [3.63, 3.8) is 0 Å². The number of hydrazine groups is 1. The first-order chi connectivity index (χ1) is 7.94. The second-order valence-electron chi connectivity index (χ2n) is 3.06. The van der Waals surface area contributed by atoms with Crippen LogP contribution in [0.4, 0.5) is 11.6 Å². The standard InChI is InChI=1S/C7H14N6O2S2/c1-16-7-11-5(4-6(12-7)13-8)10-2-3-17(9,14)15/h4H,2-3,8H2,1H3,(H2,9,14,15)(H2,10,11,12,13). The van der Waals surface area contributed by atoms with Gasteiger partial charge in [-0.05, 0) is 6.26 Å². The van der Waals surface area contributed by atoms with Gasteiger partial charge in [-0.2, -0.15) is 0 Å². The second kappa shape index (κ2) is 6.00. The highest BCUT2D eigenvalue weighted by Crippen LogP contribution is 2.16. The molecule has 0 aliphatic heterocycles. The molecule has 1 heterocycles. The normalized spacial score (nSPS) is 11.2. The fourth-order valence-corrected chi connectivity index (χ4v) is 1.77. The van der Waals surface area contributed by atoms with E-state index in [9.17, 15) is 8.42 Å². The number of nitrogens with zero attached hydrogens (tertiary/aromatic N) is 2. The summed E-state index contributed by atoms with van der Waals surface area (Å²) in [6.07, 6.45) is 1.82. The molecule has 17 heavy (non-hydrogen) atoms. The number of nitrogens with two attached hydrogens (primary N) is 2. The van der Waals surface area contributed by atoms with Crippen LogP contribution < -0.4 is 21.7 Å². The molecular formula is C7H14N6O2S2. The molecule has 0 radical (unpaired) electrons. The predicted molar refractivity (Wildman–Crippen MR) is 68.1 cm³/mol. The van der Waals surface area contributed by atoms with Gasteiger partial charge in [0.05, 0.1) is 5.75 Å². The van der Waals surface area contributed by atoms with Crippen molar-refractivity contribution in [2.24, 2.45) is 11.0 Å². The lowest BCUT2D eigenvalue weighted by molar-refractivity contribution is 0.598. The lowest BCUT2D eigenvalue weighted by Crippen LogP contribution is -2.22. The van der Waals surface area contributed by atoms with Crippen LogP contribution in [0, 0.1) is 0 Å². The van der Waals surface area contributed by atoms with Gasteiger partial charge in [0.2, 0.25) is 10.0 Å². The Labute approximate surface area is 104 Å². The number of primary sulfonamides is 1. The van der Waals surface area contributed by atoms with E-state index in [-0.39, 0.29) is 12.3 Å². The highest BCUT2D eigenvalue weighted by atomic mass is 32.2. The Morgan fingerprint density at radius 3 is 2.59 bits per heavy atom. The molecule has 0 bridgehead atoms. The molecule has 0 fully saturated rings. The largest absolute Gasteiger partial charge is 0.369 e. The fourth-order valence-electron chi connectivity index (χ4n) is 1.00. The smallest absolute Gasteiger partial charge is 0.210 e. The lowest BCUT2D eigenvalue weighted by atomic mass is 10.5. The molecule has 1 aromatic rings. The Balaban J connectivity index is 2.70. The van der Waals surface area contributed by atoms with Crippen molar-refractivity contribution in [2.75, 3.05) is 29.3 Å². The Morgan fingerprint density at radius 2 is 2.06 bits per heavy atom. The fraction of sp³-hybridized carbons (Fsp3) is 0.429. The summed E-state index contributed by atoms with van der Waals surface area (Å²) in [5.41, 5.74) is 2.40. The van der Waals surface area contributed by atoms with Gasteiger partial charge in [-0.15, -0.1) is 0 Å². The van der Waals surface area contributed by atoms with E-state index < -0.39 is 10.0 Å². The minimum absolute atomic E-state index is 0.170. The maximum atomic E-state index is 10.7. The summed E-state index contributed by atoms with van der Waals surface area (Å²) in [6.45, 7) is 0.174. The molecule has 0 saturated carbocycles. The number of aromatic nitrogens is 2. The van der Waals surface area contributed by atoms with E-state index in [0.29, 0.717) is 16.8 Å². The average Bonchev–Trinajstić information content (AvgIpc) is 2.26. The summed E-state index contributed by atoms with van der Waals surface area (Å²) in [6, 6.07) is 1.57. The summed E-state index contributed by atoms with van der Waals surface area (Å²) < 4.78 is 21.5. The van der Waals surface area contributed by atoms with Crippen LogP contribution in [-0.4, -0.2) is 36.9 Å². The number of nitrogens with one attached hydrogen (secondary N) is 2. The molecule has 0 aliphatic carbocycles. The number of sulfonamides is 1. The number of hydrogen-bond acceptors (Lipinski definition) is 8. The zero-order valence-electron chi connectivity index (χ0n) is 9.17. The molecule has 0 spiro atoms. The summed E-state index contributed by atoms with van der Waals surface area (Å²) >= 11 is 1.35. The van der Waals surface area contributed by atoms with Gasteiger partial charge in [-0.3, -0.25) is 0 Å². The molecule has 96 valence electrons. The number of rotatable bonds is 6. The number of nitrogen functional groups attached to an aromatic ring is 1. The van der Waals surface area contributed by atoms with Crippen LogP contribution in [0.1, 0.15) is 0 Å². The van der Waals surface area contributed by atoms with E-state index in [1.807, 2.05) is 6.26 Å². The molecule has 10 heteroatoms. The average molecular weight is 278 g/mol. The molecule has 0 amide bonds. The third-order valence-corrected chi connectivity index (χ3v) is 3.05. The molecule has 0 aliphatic rings. The molecule has 1 aromatic heterocycles. The van der Waals surface area contributed by atoms with Gasteiger partial charge in [0.1, 0.15) is 11.6 Å². The Kier molecular flexibility index (Phi) is 4.93. The van der Waals surface area contributed by atoms with Crippen molar-refractivity contribution >= 4 is 33.4 Å². The molecule has 8 nitrogen and oxygen atoms in total. The molecule has 0 aromatic carbocycles. The summed E-state index contributed by atoms with van der Waals surface area (Å²) in [5, 5.41) is 8.23. The highest BCUT2D eigenvalue weighted by molar-refractivity contribution is 7.98. The van der Waals surface area contributed by atoms with Crippen LogP contribution in [0.25, 0.3) is 0 Å². The van der Waals surface area contributed by atoms with Gasteiger partial charge in [0.25, 0.3) is 0 Å². The van der Waals surface area contributed by atoms with Gasteiger partial charge in [0.15, 0.2) is 5.16 Å². The SMILES string of the molecule is CSc1nc(NN)cc(NCCS(N)(=O)=O)n1. The quantitative estimate of drug-likeness (QED) is 0.229. The molecule has 6 N–H and O–H groups in total. The van der Waals surface area contributed by atoms with Gasteiger partial charge in [-0.1, -0.05) is 11.8 Å². The Morgan fingerprint density at radius 1 is 1.41 bits per heavy atom. The summed E-state index contributed by atoms with van der Waals surface area (Å²) in [4.78, 5) is 8.19. The molecule has 1 rings (SSSR count). The third-order valence-electron chi connectivity index (χ3n) is 1.73. The van der Waals surface area contributed by atoms with E-state index in [0.717, 1.165) is 0 Å². The first kappa shape index (κ1) is 14.0. The molecule has 0 saturated heterocycles. The summed E-state index contributed by atoms with van der Waals surface area (Å²) in [5.74, 6) is 6.01. The highest BCUT2D eigenvalue weighted by Gasteiger charge is 2.05. The van der Waals surface area contributed by atoms with Crippen LogP contribution >= 0.6 is 11.8 Å². The second-order valence-corrected chi connectivity index (χ2v) is 5.57. The van der Waals surface area contributed by atoms with E-state index in [2.05, 4.69) is 20.7 Å². The van der Waals surface area contributed by atoms with E-state index in [4.69, 9.17) is 11.0 Å². The number of thioether (sulfide) groups is 1. The molecule has 0 unspecified atom stereocenters. The van der Waals surface area contributed by atoms with Gasteiger partial charge in [0, 0.05) is 12.6 Å². The third kappa shape index (κ3) is 5.17. The van der Waals surface area contributed by atoms with Gasteiger partial charge < -0.3 is 10.7 Å². The van der Waals surface area contributed by atoms with Crippen molar-refractivity contribution in [1.29, 1.82) is 0 Å². The van der Waals surface area contributed by atoms with E-state index in [1.165, 1.54) is 11.8 Å². The zero-order chi connectivity index (χ0) is 12.9. The minimum Gasteiger partial charge on any atom is -0.369 e. The van der Waals surface area contributed by atoms with Crippen molar-refractivity contribution < 1.29 is 8.42 Å².